The fraction of sp³-hybridized carbons (Fsp3) is 0.667. The second-order valence-electron chi connectivity index (χ2n) is 1.94. The van der Waals surface area contributed by atoms with Gasteiger partial charge in [-0.25, -0.2) is 5.48 Å². The predicted molar refractivity (Wildman–Crippen MR) is 36.0 cm³/mol. The van der Waals surface area contributed by atoms with Crippen molar-refractivity contribution < 1.29 is 19.5 Å². The summed E-state index contributed by atoms with van der Waals surface area (Å²) in [6, 6.07) is 0. The topological polar surface area (TPSA) is 75.6 Å². The van der Waals surface area contributed by atoms with Crippen molar-refractivity contribution in [2.24, 2.45) is 0 Å². The summed E-state index contributed by atoms with van der Waals surface area (Å²) >= 11 is 0. The Hall–Kier alpha value is -0.940. The summed E-state index contributed by atoms with van der Waals surface area (Å²) in [6.45, 7) is 1.71. The van der Waals surface area contributed by atoms with E-state index in [0.717, 1.165) is 0 Å². The second-order valence-corrected chi connectivity index (χ2v) is 1.94. The van der Waals surface area contributed by atoms with E-state index in [1.165, 1.54) is 12.6 Å². The summed E-state index contributed by atoms with van der Waals surface area (Å²) < 4.78 is 4.66. The van der Waals surface area contributed by atoms with E-state index in [4.69, 9.17) is 5.21 Å². The van der Waals surface area contributed by atoms with Gasteiger partial charge in [0.25, 0.3) is 5.78 Å². The van der Waals surface area contributed by atoms with Crippen molar-refractivity contribution in [1.29, 1.82) is 0 Å². The minimum Gasteiger partial charge on any atom is -0.373 e. The van der Waals surface area contributed by atoms with Gasteiger partial charge >= 0.3 is 5.91 Å². The molecular weight excluding hydrogens is 150 g/mol. The smallest absolute Gasteiger partial charge is 0.313 e. The maximum Gasteiger partial charge on any atom is 0.313 e. The highest BCUT2D eigenvalue weighted by atomic mass is 16.5. The molecule has 0 spiro atoms. The lowest BCUT2D eigenvalue weighted by Crippen LogP contribution is -2.37. The molecule has 0 heterocycles. The van der Waals surface area contributed by atoms with Gasteiger partial charge in [-0.15, -0.1) is 0 Å². The predicted octanol–water partition coefficient (Wildman–Crippen LogP) is -0.514. The first kappa shape index (κ1) is 10.1. The molecule has 0 aliphatic heterocycles. The molecule has 0 aromatic heterocycles. The average Bonchev–Trinajstić information content (AvgIpc) is 2.05. The maximum absolute atomic E-state index is 10.8. The highest BCUT2D eigenvalue weighted by Crippen LogP contribution is 1.97. The number of carbonyl (C=O) groups is 2. The molecule has 5 nitrogen and oxygen atoms in total. The van der Waals surface area contributed by atoms with Crippen LogP contribution >= 0.6 is 0 Å². The number of hydrogen-bond donors (Lipinski definition) is 2. The van der Waals surface area contributed by atoms with Crippen LogP contribution in [0.15, 0.2) is 0 Å². The summed E-state index contributed by atoms with van der Waals surface area (Å²) in [7, 11) is 1.33. The molecule has 1 unspecified atom stereocenters. The summed E-state index contributed by atoms with van der Waals surface area (Å²) in [5.74, 6) is -1.81. The molecule has 5 heteroatoms. The Bertz CT molecular complexity index is 153. The molecule has 0 aromatic carbocycles. The van der Waals surface area contributed by atoms with E-state index in [9.17, 15) is 9.59 Å². The number of ether oxygens (including phenoxy) is 1. The number of hydrogen-bond acceptors (Lipinski definition) is 4. The number of hydroxylamine groups is 1. The number of amides is 1. The number of nitrogens with one attached hydrogen (secondary N) is 1. The van der Waals surface area contributed by atoms with Crippen molar-refractivity contribution in [3.63, 3.8) is 0 Å². The molecule has 2 N–H and O–H groups in total. The lowest BCUT2D eigenvalue weighted by atomic mass is 10.2. The van der Waals surface area contributed by atoms with Crippen LogP contribution in [-0.4, -0.2) is 30.1 Å². The minimum absolute atomic E-state index is 0.406. The highest BCUT2D eigenvalue weighted by molar-refractivity contribution is 6.37. The third-order valence-electron chi connectivity index (χ3n) is 1.27. The third-order valence-corrected chi connectivity index (χ3v) is 1.27. The molecule has 0 aromatic rings. The molecular formula is C6H11NO4. The number of rotatable bonds is 4. The molecule has 0 fully saturated rings. The van der Waals surface area contributed by atoms with E-state index >= 15 is 0 Å². The van der Waals surface area contributed by atoms with Crippen molar-refractivity contribution in [3.05, 3.63) is 0 Å². The first-order valence-electron chi connectivity index (χ1n) is 3.18. The minimum atomic E-state index is -1.04. The van der Waals surface area contributed by atoms with Gasteiger partial charge in [-0.3, -0.25) is 14.8 Å². The zero-order chi connectivity index (χ0) is 8.85. The molecule has 0 saturated carbocycles. The van der Waals surface area contributed by atoms with E-state index in [1.807, 2.05) is 0 Å². The number of carbonyl (C=O) groups excluding carboxylic acids is 2. The molecule has 64 valence electrons. The Balaban J connectivity index is 4.09. The Labute approximate surface area is 64.3 Å². The van der Waals surface area contributed by atoms with Crippen LogP contribution < -0.4 is 5.48 Å². The molecule has 1 atom stereocenters. The Morgan fingerprint density at radius 1 is 1.64 bits per heavy atom. The largest absolute Gasteiger partial charge is 0.373 e. The molecule has 0 aliphatic rings. The van der Waals surface area contributed by atoms with Gasteiger partial charge in [-0.1, -0.05) is 6.92 Å². The van der Waals surface area contributed by atoms with Crippen molar-refractivity contribution in [3.8, 4) is 0 Å². The van der Waals surface area contributed by atoms with Gasteiger partial charge in [0.2, 0.25) is 0 Å². The quantitative estimate of drug-likeness (QED) is 0.330. The van der Waals surface area contributed by atoms with Crippen LogP contribution in [0.2, 0.25) is 0 Å². The van der Waals surface area contributed by atoms with Gasteiger partial charge in [-0.2, -0.15) is 0 Å². The van der Waals surface area contributed by atoms with Crippen molar-refractivity contribution >= 4 is 11.7 Å². The van der Waals surface area contributed by atoms with Crippen LogP contribution in [-0.2, 0) is 14.3 Å². The van der Waals surface area contributed by atoms with Crippen molar-refractivity contribution in [2.45, 2.75) is 19.4 Å². The fourth-order valence-corrected chi connectivity index (χ4v) is 0.660. The molecule has 11 heavy (non-hydrogen) atoms. The molecule has 1 amide bonds. The van der Waals surface area contributed by atoms with Gasteiger partial charge in [-0.05, 0) is 6.42 Å². The van der Waals surface area contributed by atoms with Gasteiger partial charge in [0.15, 0.2) is 0 Å². The molecule has 0 aliphatic carbocycles. The lowest BCUT2D eigenvalue weighted by Gasteiger charge is -2.08. The summed E-state index contributed by atoms with van der Waals surface area (Å²) in [5.41, 5.74) is 1.25. The van der Waals surface area contributed by atoms with Crippen LogP contribution in [0.25, 0.3) is 0 Å². The highest BCUT2D eigenvalue weighted by Gasteiger charge is 2.22. The fourth-order valence-electron chi connectivity index (χ4n) is 0.660. The molecule has 0 radical (unpaired) electrons. The van der Waals surface area contributed by atoms with E-state index < -0.39 is 17.8 Å². The van der Waals surface area contributed by atoms with E-state index in [-0.39, 0.29) is 0 Å². The SMILES string of the molecule is CCC(OC)C(=O)C(=O)NO. The third kappa shape index (κ3) is 2.65. The van der Waals surface area contributed by atoms with Gasteiger partial charge in [0.05, 0.1) is 0 Å². The summed E-state index contributed by atoms with van der Waals surface area (Å²) in [5, 5.41) is 8.07. The van der Waals surface area contributed by atoms with Crippen LogP contribution in [0.5, 0.6) is 0 Å². The monoisotopic (exact) mass is 161 g/mol. The molecule has 0 bridgehead atoms. The molecule has 0 rings (SSSR count). The standard InChI is InChI=1S/C6H11NO4/c1-3-4(11-2)5(8)6(9)7-10/h4,10H,3H2,1-2H3,(H,7,9). The first-order valence-corrected chi connectivity index (χ1v) is 3.18. The van der Waals surface area contributed by atoms with E-state index in [1.54, 1.807) is 6.92 Å². The summed E-state index contributed by atoms with van der Waals surface area (Å²) in [6.07, 6.45) is -0.356. The van der Waals surface area contributed by atoms with Crippen LogP contribution in [0.3, 0.4) is 0 Å². The van der Waals surface area contributed by atoms with Gasteiger partial charge < -0.3 is 4.74 Å². The zero-order valence-electron chi connectivity index (χ0n) is 6.46. The summed E-state index contributed by atoms with van der Waals surface area (Å²) in [4.78, 5) is 21.3. The number of Topliss-reactive ketones (excluding diaryl/α,β-unsaturated/α-hetero) is 1. The Morgan fingerprint density at radius 2 is 2.18 bits per heavy atom. The number of methoxy groups -OCH3 is 1. The zero-order valence-corrected chi connectivity index (χ0v) is 6.46. The van der Waals surface area contributed by atoms with Crippen LogP contribution in [0.1, 0.15) is 13.3 Å². The van der Waals surface area contributed by atoms with Crippen molar-refractivity contribution in [1.82, 2.24) is 5.48 Å². The Kier molecular flexibility index (Phi) is 4.40. The van der Waals surface area contributed by atoms with E-state index in [2.05, 4.69) is 4.74 Å². The van der Waals surface area contributed by atoms with Crippen molar-refractivity contribution in [2.75, 3.05) is 7.11 Å². The van der Waals surface area contributed by atoms with E-state index in [0.29, 0.717) is 6.42 Å². The van der Waals surface area contributed by atoms with Gasteiger partial charge in [0, 0.05) is 7.11 Å². The first-order chi connectivity index (χ1) is 5.17. The molecule has 0 saturated heterocycles. The maximum atomic E-state index is 10.8. The van der Waals surface area contributed by atoms with Crippen LogP contribution in [0, 0.1) is 0 Å². The van der Waals surface area contributed by atoms with Crippen LogP contribution in [0.4, 0.5) is 0 Å². The van der Waals surface area contributed by atoms with Gasteiger partial charge in [0.1, 0.15) is 6.10 Å². The second kappa shape index (κ2) is 4.81. The number of ketones is 1. The Morgan fingerprint density at radius 3 is 2.45 bits per heavy atom. The normalized spacial score (nSPS) is 12.3. The average molecular weight is 161 g/mol. The lowest BCUT2D eigenvalue weighted by molar-refractivity contribution is -0.148.